The van der Waals surface area contributed by atoms with Gasteiger partial charge in [-0.2, -0.15) is 0 Å². The lowest BCUT2D eigenvalue weighted by Gasteiger charge is -2.22. The Kier molecular flexibility index (Phi) is 2.41. The molecule has 0 radical (unpaired) electrons. The van der Waals surface area contributed by atoms with Gasteiger partial charge in [-0.15, -0.1) is 16.4 Å². The minimum Gasteiger partial charge on any atom is -0.476 e. The smallest absolute Gasteiger partial charge is 0.358 e. The predicted octanol–water partition coefficient (Wildman–Crippen LogP) is 1.31. The van der Waals surface area contributed by atoms with Crippen LogP contribution in [0.1, 0.15) is 27.2 Å². The molecular weight excluding hydrogens is 242 g/mol. The quantitative estimate of drug-likeness (QED) is 0.870. The van der Waals surface area contributed by atoms with Gasteiger partial charge in [-0.05, 0) is 11.4 Å². The van der Waals surface area contributed by atoms with Gasteiger partial charge in [0, 0.05) is 4.88 Å². The minimum absolute atomic E-state index is 0.0189. The Morgan fingerprint density at radius 2 is 2.53 bits per heavy atom. The van der Waals surface area contributed by atoms with Crippen molar-refractivity contribution in [3.05, 3.63) is 33.8 Å². The third kappa shape index (κ3) is 1.73. The van der Waals surface area contributed by atoms with Crippen LogP contribution in [0, 0.1) is 0 Å². The summed E-state index contributed by atoms with van der Waals surface area (Å²) < 4.78 is 7.25. The number of thiophene rings is 1. The standard InChI is InChI=1S/C10H9N3O3S/c14-10(15)9-6-5-16-7(4-13(6)12-11-9)8-2-1-3-17-8/h1-3,7H,4-5H2,(H,14,15)/t7-/m0/s1. The Bertz CT molecular complexity index is 549. The first-order chi connectivity index (χ1) is 8.25. The normalized spacial score (nSPS) is 18.9. The van der Waals surface area contributed by atoms with Gasteiger partial charge in [0.2, 0.25) is 0 Å². The van der Waals surface area contributed by atoms with Gasteiger partial charge in [0.15, 0.2) is 5.69 Å². The van der Waals surface area contributed by atoms with Crippen molar-refractivity contribution in [1.82, 2.24) is 15.0 Å². The summed E-state index contributed by atoms with van der Waals surface area (Å²) in [5.41, 5.74) is 0.514. The molecule has 1 aliphatic rings. The molecule has 0 saturated heterocycles. The Morgan fingerprint density at radius 1 is 1.65 bits per heavy atom. The maximum atomic E-state index is 10.9. The number of fused-ring (bicyclic) bond motifs is 1. The van der Waals surface area contributed by atoms with E-state index in [1.165, 1.54) is 0 Å². The Hall–Kier alpha value is -1.73. The minimum atomic E-state index is -1.07. The van der Waals surface area contributed by atoms with Crippen molar-refractivity contribution >= 4 is 17.3 Å². The van der Waals surface area contributed by atoms with Crippen LogP contribution in [0.5, 0.6) is 0 Å². The van der Waals surface area contributed by atoms with E-state index in [2.05, 4.69) is 10.3 Å². The number of aromatic carboxylic acids is 1. The molecule has 88 valence electrons. The summed E-state index contributed by atoms with van der Waals surface area (Å²) in [6, 6.07) is 3.96. The van der Waals surface area contributed by atoms with Crippen LogP contribution in [0.2, 0.25) is 0 Å². The average Bonchev–Trinajstić information content (AvgIpc) is 2.97. The number of ether oxygens (including phenoxy) is 1. The number of carboxylic acids is 1. The molecule has 0 aliphatic carbocycles. The van der Waals surface area contributed by atoms with Crippen molar-refractivity contribution in [1.29, 1.82) is 0 Å². The molecule has 0 amide bonds. The van der Waals surface area contributed by atoms with E-state index in [-0.39, 0.29) is 18.4 Å². The molecule has 0 unspecified atom stereocenters. The summed E-state index contributed by atoms with van der Waals surface area (Å²) in [4.78, 5) is 12.0. The lowest BCUT2D eigenvalue weighted by Crippen LogP contribution is -2.22. The lowest BCUT2D eigenvalue weighted by atomic mass is 10.2. The molecule has 3 rings (SSSR count). The van der Waals surface area contributed by atoms with Crippen molar-refractivity contribution in [2.24, 2.45) is 0 Å². The Labute approximate surface area is 100 Å². The molecule has 2 aromatic rings. The number of aromatic nitrogens is 3. The van der Waals surface area contributed by atoms with Crippen LogP contribution in [0.15, 0.2) is 17.5 Å². The first-order valence-corrected chi connectivity index (χ1v) is 5.94. The number of rotatable bonds is 2. The maximum Gasteiger partial charge on any atom is 0.358 e. The van der Waals surface area contributed by atoms with Gasteiger partial charge in [0.25, 0.3) is 0 Å². The van der Waals surface area contributed by atoms with E-state index < -0.39 is 5.97 Å². The molecule has 6 nitrogen and oxygen atoms in total. The Morgan fingerprint density at radius 3 is 3.24 bits per heavy atom. The number of hydrogen-bond donors (Lipinski definition) is 1. The highest BCUT2D eigenvalue weighted by molar-refractivity contribution is 7.10. The van der Waals surface area contributed by atoms with Crippen molar-refractivity contribution in [2.45, 2.75) is 19.3 Å². The van der Waals surface area contributed by atoms with Crippen LogP contribution in [0.25, 0.3) is 0 Å². The molecule has 3 heterocycles. The SMILES string of the molecule is O=C(O)c1nnn2c1CO[C@H](c1cccs1)C2. The topological polar surface area (TPSA) is 77.2 Å². The fraction of sp³-hybridized carbons (Fsp3) is 0.300. The van der Waals surface area contributed by atoms with Gasteiger partial charge in [0.05, 0.1) is 18.8 Å². The predicted molar refractivity (Wildman–Crippen MR) is 58.8 cm³/mol. The summed E-state index contributed by atoms with van der Waals surface area (Å²) in [6.45, 7) is 0.743. The second-order valence-electron chi connectivity index (χ2n) is 3.69. The second-order valence-corrected chi connectivity index (χ2v) is 4.67. The van der Waals surface area contributed by atoms with E-state index in [9.17, 15) is 4.79 Å². The summed E-state index contributed by atoms with van der Waals surface area (Å²) in [7, 11) is 0. The maximum absolute atomic E-state index is 10.9. The zero-order valence-corrected chi connectivity index (χ0v) is 9.55. The molecule has 0 spiro atoms. The van der Waals surface area contributed by atoms with E-state index in [4.69, 9.17) is 9.84 Å². The van der Waals surface area contributed by atoms with Crippen LogP contribution < -0.4 is 0 Å². The number of carboxylic acid groups (broad SMARTS) is 1. The molecule has 17 heavy (non-hydrogen) atoms. The van der Waals surface area contributed by atoms with Crippen LogP contribution in [0.3, 0.4) is 0 Å². The molecular formula is C10H9N3O3S. The third-order valence-corrected chi connectivity index (χ3v) is 3.63. The van der Waals surface area contributed by atoms with Gasteiger partial charge >= 0.3 is 5.97 Å². The molecule has 1 N–H and O–H groups in total. The second kappa shape index (κ2) is 3.94. The van der Waals surface area contributed by atoms with E-state index in [1.54, 1.807) is 16.0 Å². The molecule has 0 bridgehead atoms. The highest BCUT2D eigenvalue weighted by Crippen LogP contribution is 2.29. The Balaban J connectivity index is 1.89. The average molecular weight is 251 g/mol. The lowest BCUT2D eigenvalue weighted by molar-refractivity contribution is 0.0000912. The summed E-state index contributed by atoms with van der Waals surface area (Å²) in [5, 5.41) is 18.4. The van der Waals surface area contributed by atoms with Crippen molar-refractivity contribution in [3.63, 3.8) is 0 Å². The van der Waals surface area contributed by atoms with E-state index in [1.807, 2.05) is 17.5 Å². The molecule has 7 heteroatoms. The van der Waals surface area contributed by atoms with Crippen LogP contribution >= 0.6 is 11.3 Å². The van der Waals surface area contributed by atoms with Crippen LogP contribution in [0.4, 0.5) is 0 Å². The molecule has 0 fully saturated rings. The highest BCUT2D eigenvalue weighted by atomic mass is 32.1. The summed E-state index contributed by atoms with van der Waals surface area (Å²) in [6.07, 6.45) is -0.0640. The van der Waals surface area contributed by atoms with Crippen molar-refractivity contribution in [3.8, 4) is 0 Å². The summed E-state index contributed by atoms with van der Waals surface area (Å²) >= 11 is 1.61. The fourth-order valence-electron chi connectivity index (χ4n) is 1.82. The van der Waals surface area contributed by atoms with E-state index in [0.29, 0.717) is 12.2 Å². The largest absolute Gasteiger partial charge is 0.476 e. The molecule has 2 aromatic heterocycles. The first kappa shape index (κ1) is 10.4. The molecule has 1 atom stereocenters. The van der Waals surface area contributed by atoms with Crippen LogP contribution in [-0.2, 0) is 17.9 Å². The fourth-order valence-corrected chi connectivity index (χ4v) is 2.59. The van der Waals surface area contributed by atoms with Crippen LogP contribution in [-0.4, -0.2) is 26.1 Å². The summed E-state index contributed by atoms with van der Waals surface area (Å²) in [5.74, 6) is -1.07. The zero-order chi connectivity index (χ0) is 11.8. The van der Waals surface area contributed by atoms with Gasteiger partial charge in [0.1, 0.15) is 6.10 Å². The third-order valence-electron chi connectivity index (χ3n) is 2.66. The molecule has 0 aromatic carbocycles. The van der Waals surface area contributed by atoms with E-state index >= 15 is 0 Å². The number of carbonyl (C=O) groups is 1. The van der Waals surface area contributed by atoms with Gasteiger partial charge in [-0.25, -0.2) is 9.48 Å². The number of nitrogens with zero attached hydrogens (tertiary/aromatic N) is 3. The monoisotopic (exact) mass is 251 g/mol. The number of hydrogen-bond acceptors (Lipinski definition) is 5. The van der Waals surface area contributed by atoms with Gasteiger partial charge in [-0.3, -0.25) is 0 Å². The van der Waals surface area contributed by atoms with E-state index in [0.717, 1.165) is 4.88 Å². The van der Waals surface area contributed by atoms with Gasteiger partial charge < -0.3 is 9.84 Å². The van der Waals surface area contributed by atoms with Crippen molar-refractivity contribution < 1.29 is 14.6 Å². The van der Waals surface area contributed by atoms with Crippen molar-refractivity contribution in [2.75, 3.05) is 0 Å². The highest BCUT2D eigenvalue weighted by Gasteiger charge is 2.27. The molecule has 0 saturated carbocycles. The molecule has 1 aliphatic heterocycles. The zero-order valence-electron chi connectivity index (χ0n) is 8.74. The first-order valence-electron chi connectivity index (χ1n) is 5.06. The van der Waals surface area contributed by atoms with Gasteiger partial charge in [-0.1, -0.05) is 11.3 Å².